The maximum absolute atomic E-state index is 12.3. The van der Waals surface area contributed by atoms with Crippen LogP contribution in [0.15, 0.2) is 24.3 Å². The molecule has 29 heavy (non-hydrogen) atoms. The van der Waals surface area contributed by atoms with Crippen LogP contribution in [0.2, 0.25) is 5.02 Å². The molecule has 0 saturated carbocycles. The van der Waals surface area contributed by atoms with Gasteiger partial charge >= 0.3 is 0 Å². The minimum Gasteiger partial charge on any atom is -0.379 e. The van der Waals surface area contributed by atoms with Gasteiger partial charge in [0, 0.05) is 49.2 Å². The number of carbonyl (C=O) groups excluding carboxylic acids is 2. The van der Waals surface area contributed by atoms with Gasteiger partial charge in [0.05, 0.1) is 13.2 Å². The molecular formula is C22H34ClN3O3. The van der Waals surface area contributed by atoms with Gasteiger partial charge in [-0.05, 0) is 36.6 Å². The van der Waals surface area contributed by atoms with Crippen molar-refractivity contribution in [3.05, 3.63) is 34.9 Å². The van der Waals surface area contributed by atoms with E-state index in [1.807, 2.05) is 0 Å². The number of amides is 2. The minimum absolute atomic E-state index is 0.0370. The lowest BCUT2D eigenvalue weighted by molar-refractivity contribution is -0.121. The second-order valence-corrected chi connectivity index (χ2v) is 7.90. The van der Waals surface area contributed by atoms with E-state index in [1.54, 1.807) is 24.3 Å². The van der Waals surface area contributed by atoms with Gasteiger partial charge in [0.2, 0.25) is 5.91 Å². The smallest absolute Gasteiger partial charge is 0.251 e. The molecule has 1 saturated heterocycles. The first kappa shape index (κ1) is 23.6. The Labute approximate surface area is 179 Å². The maximum atomic E-state index is 12.3. The van der Waals surface area contributed by atoms with E-state index >= 15 is 0 Å². The van der Waals surface area contributed by atoms with Crippen molar-refractivity contribution in [1.82, 2.24) is 15.5 Å². The lowest BCUT2D eigenvalue weighted by Gasteiger charge is -2.38. The fraction of sp³-hybridized carbons (Fsp3) is 0.636. The summed E-state index contributed by atoms with van der Waals surface area (Å²) in [5, 5.41) is 6.55. The number of nitrogens with zero attached hydrogens (tertiary/aromatic N) is 1. The van der Waals surface area contributed by atoms with E-state index in [0.29, 0.717) is 48.5 Å². The Kier molecular flexibility index (Phi) is 10.5. The molecule has 0 spiro atoms. The molecule has 2 amide bonds. The zero-order valence-corrected chi connectivity index (χ0v) is 18.3. The molecule has 2 rings (SSSR count). The molecule has 0 unspecified atom stereocenters. The Morgan fingerprint density at radius 2 is 1.76 bits per heavy atom. The third kappa shape index (κ3) is 7.96. The number of morpholine rings is 1. The van der Waals surface area contributed by atoms with Crippen LogP contribution in [0.25, 0.3) is 0 Å². The van der Waals surface area contributed by atoms with Crippen molar-refractivity contribution in [1.29, 1.82) is 0 Å². The Morgan fingerprint density at radius 1 is 1.10 bits per heavy atom. The minimum atomic E-state index is -0.150. The molecule has 1 heterocycles. The topological polar surface area (TPSA) is 70.7 Å². The number of nitrogens with one attached hydrogen (secondary N) is 2. The van der Waals surface area contributed by atoms with Crippen molar-refractivity contribution < 1.29 is 14.3 Å². The molecule has 0 aromatic heterocycles. The van der Waals surface area contributed by atoms with Crippen molar-refractivity contribution in [3.8, 4) is 0 Å². The van der Waals surface area contributed by atoms with Crippen LogP contribution in [0, 0.1) is 5.92 Å². The summed E-state index contributed by atoms with van der Waals surface area (Å²) in [5.41, 5.74) is 0.567. The lowest BCUT2D eigenvalue weighted by atomic mass is 9.92. The zero-order valence-electron chi connectivity index (χ0n) is 17.6. The van der Waals surface area contributed by atoms with Crippen LogP contribution in [0.1, 0.15) is 49.9 Å². The SMILES string of the molecule is CCC(CC)[C@H](CNC(=O)CCCNC(=O)c1ccc(Cl)cc1)N1CCOCC1. The van der Waals surface area contributed by atoms with Gasteiger partial charge in [0.25, 0.3) is 5.91 Å². The van der Waals surface area contributed by atoms with Crippen LogP contribution in [-0.4, -0.2) is 62.1 Å². The van der Waals surface area contributed by atoms with E-state index in [9.17, 15) is 9.59 Å². The van der Waals surface area contributed by atoms with Crippen molar-refractivity contribution in [2.45, 2.75) is 45.6 Å². The number of benzene rings is 1. The molecule has 2 N–H and O–H groups in total. The fourth-order valence-electron chi connectivity index (χ4n) is 3.80. The molecular weight excluding hydrogens is 390 g/mol. The summed E-state index contributed by atoms with van der Waals surface area (Å²) in [6.45, 7) is 8.94. The number of halogens is 1. The highest BCUT2D eigenvalue weighted by Gasteiger charge is 2.27. The summed E-state index contributed by atoms with van der Waals surface area (Å²) in [6, 6.07) is 7.10. The van der Waals surface area contributed by atoms with Crippen LogP contribution in [0.3, 0.4) is 0 Å². The van der Waals surface area contributed by atoms with E-state index in [4.69, 9.17) is 16.3 Å². The standard InChI is InChI=1S/C22H34ClN3O3/c1-3-17(4-2)20(26-12-14-29-15-13-26)16-25-21(27)6-5-11-24-22(28)18-7-9-19(23)10-8-18/h7-10,17,20H,3-6,11-16H2,1-2H3,(H,24,28)(H,25,27)/t20-/m0/s1. The lowest BCUT2D eigenvalue weighted by Crippen LogP contribution is -2.52. The average Bonchev–Trinajstić information content (AvgIpc) is 2.75. The molecule has 1 fully saturated rings. The first-order chi connectivity index (χ1) is 14.0. The summed E-state index contributed by atoms with van der Waals surface area (Å²) >= 11 is 5.83. The first-order valence-corrected chi connectivity index (χ1v) is 11.0. The highest BCUT2D eigenvalue weighted by Crippen LogP contribution is 2.19. The van der Waals surface area contributed by atoms with Gasteiger partial charge in [0.15, 0.2) is 0 Å². The second kappa shape index (κ2) is 12.8. The van der Waals surface area contributed by atoms with Gasteiger partial charge in [-0.3, -0.25) is 14.5 Å². The van der Waals surface area contributed by atoms with Crippen molar-refractivity contribution in [3.63, 3.8) is 0 Å². The van der Waals surface area contributed by atoms with E-state index in [-0.39, 0.29) is 11.8 Å². The van der Waals surface area contributed by atoms with E-state index in [2.05, 4.69) is 29.4 Å². The van der Waals surface area contributed by atoms with E-state index in [1.165, 1.54) is 0 Å². The predicted octanol–water partition coefficient (Wildman–Crippen LogP) is 3.10. The number of ether oxygens (including phenoxy) is 1. The van der Waals surface area contributed by atoms with Gasteiger partial charge in [-0.1, -0.05) is 38.3 Å². The molecule has 1 aliphatic rings. The quantitative estimate of drug-likeness (QED) is 0.536. The molecule has 1 aromatic carbocycles. The van der Waals surface area contributed by atoms with Gasteiger partial charge in [-0.15, -0.1) is 0 Å². The molecule has 0 bridgehead atoms. The molecule has 0 aliphatic carbocycles. The Bertz CT molecular complexity index is 629. The van der Waals surface area contributed by atoms with Crippen LogP contribution < -0.4 is 10.6 Å². The van der Waals surface area contributed by atoms with Crippen LogP contribution in [0.4, 0.5) is 0 Å². The molecule has 6 nitrogen and oxygen atoms in total. The van der Waals surface area contributed by atoms with Crippen molar-refractivity contribution >= 4 is 23.4 Å². The Hall–Kier alpha value is -1.63. The summed E-state index contributed by atoms with van der Waals surface area (Å²) in [7, 11) is 0. The van der Waals surface area contributed by atoms with E-state index < -0.39 is 0 Å². The van der Waals surface area contributed by atoms with Gasteiger partial charge in [-0.25, -0.2) is 0 Å². The molecule has 1 aromatic rings. The largest absolute Gasteiger partial charge is 0.379 e. The van der Waals surface area contributed by atoms with Gasteiger partial charge in [-0.2, -0.15) is 0 Å². The summed E-state index contributed by atoms with van der Waals surface area (Å²) in [4.78, 5) is 26.8. The van der Waals surface area contributed by atoms with Crippen LogP contribution in [0.5, 0.6) is 0 Å². The highest BCUT2D eigenvalue weighted by atomic mass is 35.5. The Morgan fingerprint density at radius 3 is 2.38 bits per heavy atom. The van der Waals surface area contributed by atoms with Gasteiger partial charge < -0.3 is 15.4 Å². The van der Waals surface area contributed by atoms with Crippen molar-refractivity contribution in [2.24, 2.45) is 5.92 Å². The van der Waals surface area contributed by atoms with Gasteiger partial charge in [0.1, 0.15) is 0 Å². The third-order valence-corrected chi connectivity index (χ3v) is 5.84. The van der Waals surface area contributed by atoms with E-state index in [0.717, 1.165) is 39.1 Å². The number of hydrogen-bond donors (Lipinski definition) is 2. The molecule has 0 radical (unpaired) electrons. The summed E-state index contributed by atoms with van der Waals surface area (Å²) < 4.78 is 5.47. The molecule has 1 atom stereocenters. The predicted molar refractivity (Wildman–Crippen MR) is 116 cm³/mol. The fourth-order valence-corrected chi connectivity index (χ4v) is 3.92. The average molecular weight is 424 g/mol. The monoisotopic (exact) mass is 423 g/mol. The third-order valence-electron chi connectivity index (χ3n) is 5.59. The second-order valence-electron chi connectivity index (χ2n) is 7.46. The highest BCUT2D eigenvalue weighted by molar-refractivity contribution is 6.30. The molecule has 162 valence electrons. The maximum Gasteiger partial charge on any atom is 0.251 e. The van der Waals surface area contributed by atoms with Crippen LogP contribution >= 0.6 is 11.6 Å². The summed E-state index contributed by atoms with van der Waals surface area (Å²) in [5.74, 6) is 0.449. The first-order valence-electron chi connectivity index (χ1n) is 10.7. The zero-order chi connectivity index (χ0) is 21.1. The van der Waals surface area contributed by atoms with Crippen LogP contribution in [-0.2, 0) is 9.53 Å². The molecule has 7 heteroatoms. The van der Waals surface area contributed by atoms with Crippen molar-refractivity contribution in [2.75, 3.05) is 39.4 Å². The normalized spacial score (nSPS) is 15.9. The Balaban J connectivity index is 1.71. The summed E-state index contributed by atoms with van der Waals surface area (Å²) in [6.07, 6.45) is 3.22. The number of carbonyl (C=O) groups is 2. The number of hydrogen-bond acceptors (Lipinski definition) is 4. The molecule has 1 aliphatic heterocycles. The number of rotatable bonds is 11.